The largest absolute Gasteiger partial charge is 0.501 e. The molecule has 1 aliphatic rings. The van der Waals surface area contributed by atoms with Crippen LogP contribution in [-0.2, 0) is 4.74 Å². The number of rotatable bonds is 5. The van der Waals surface area contributed by atoms with Crippen LogP contribution in [0, 0.1) is 0 Å². The molecule has 0 radical (unpaired) electrons. The Morgan fingerprint density at radius 3 is 3.00 bits per heavy atom. The summed E-state index contributed by atoms with van der Waals surface area (Å²) >= 11 is 1.89. The van der Waals surface area contributed by atoms with Crippen LogP contribution in [0.2, 0.25) is 0 Å². The van der Waals surface area contributed by atoms with Crippen LogP contribution in [0.4, 0.5) is 0 Å². The molecule has 2 nitrogen and oxygen atoms in total. The van der Waals surface area contributed by atoms with E-state index in [9.17, 15) is 0 Å². The lowest BCUT2D eigenvalue weighted by molar-refractivity contribution is 0.219. The number of hydrogen-bond acceptors (Lipinski definition) is 3. The maximum atomic E-state index is 5.54. The standard InChI is InChI=1S/C17H21NOS/c1-2-9-18-17(14-7-5-10-19-12-14)16-11-13-6-3-4-8-15(13)20-16/h3-4,6,8,11-12,17-18H,2,5,7,9-10H2,1H3. The topological polar surface area (TPSA) is 21.3 Å². The van der Waals surface area contributed by atoms with Crippen LogP contribution < -0.4 is 5.32 Å². The van der Waals surface area contributed by atoms with E-state index in [4.69, 9.17) is 4.74 Å². The summed E-state index contributed by atoms with van der Waals surface area (Å²) in [4.78, 5) is 1.40. The first-order valence-corrected chi connectivity index (χ1v) is 8.22. The number of thiophene rings is 1. The van der Waals surface area contributed by atoms with Gasteiger partial charge in [0.25, 0.3) is 0 Å². The third kappa shape index (κ3) is 2.89. The Morgan fingerprint density at radius 1 is 1.35 bits per heavy atom. The predicted molar refractivity (Wildman–Crippen MR) is 86.1 cm³/mol. The molecule has 2 heterocycles. The fourth-order valence-electron chi connectivity index (χ4n) is 2.64. The van der Waals surface area contributed by atoms with E-state index < -0.39 is 0 Å². The molecule has 1 unspecified atom stereocenters. The van der Waals surface area contributed by atoms with E-state index in [0.29, 0.717) is 6.04 Å². The van der Waals surface area contributed by atoms with Crippen molar-refractivity contribution >= 4 is 21.4 Å². The molecule has 2 aromatic rings. The van der Waals surface area contributed by atoms with Crippen molar-refractivity contribution in [3.05, 3.63) is 47.0 Å². The van der Waals surface area contributed by atoms with E-state index >= 15 is 0 Å². The van der Waals surface area contributed by atoms with Gasteiger partial charge in [-0.2, -0.15) is 0 Å². The first-order chi connectivity index (χ1) is 9.88. The minimum atomic E-state index is 0.313. The summed E-state index contributed by atoms with van der Waals surface area (Å²) in [6.07, 6.45) is 5.38. The summed E-state index contributed by atoms with van der Waals surface area (Å²) in [6.45, 7) is 4.10. The average Bonchev–Trinajstić information content (AvgIpc) is 2.92. The molecular formula is C17H21NOS. The molecule has 0 aliphatic carbocycles. The molecule has 0 saturated heterocycles. The zero-order chi connectivity index (χ0) is 13.8. The van der Waals surface area contributed by atoms with E-state index in [1.807, 2.05) is 17.6 Å². The lowest BCUT2D eigenvalue weighted by Crippen LogP contribution is -2.24. The smallest absolute Gasteiger partial charge is 0.0876 e. The average molecular weight is 287 g/mol. The quantitative estimate of drug-likeness (QED) is 0.865. The first kappa shape index (κ1) is 13.7. The van der Waals surface area contributed by atoms with Crippen LogP contribution in [0.5, 0.6) is 0 Å². The molecule has 0 fully saturated rings. The van der Waals surface area contributed by atoms with Gasteiger partial charge in [0.1, 0.15) is 0 Å². The van der Waals surface area contributed by atoms with E-state index in [2.05, 4.69) is 42.6 Å². The third-order valence-electron chi connectivity index (χ3n) is 3.66. The molecule has 1 N–H and O–H groups in total. The predicted octanol–water partition coefficient (Wildman–Crippen LogP) is 4.64. The Balaban J connectivity index is 1.92. The number of ether oxygens (including phenoxy) is 1. The molecule has 1 aromatic carbocycles. The van der Waals surface area contributed by atoms with Gasteiger partial charge in [0.2, 0.25) is 0 Å². The van der Waals surface area contributed by atoms with Crippen LogP contribution in [0.1, 0.15) is 37.1 Å². The van der Waals surface area contributed by atoms with Gasteiger partial charge < -0.3 is 10.1 Å². The van der Waals surface area contributed by atoms with Gasteiger partial charge in [0.15, 0.2) is 0 Å². The molecular weight excluding hydrogens is 266 g/mol. The fraction of sp³-hybridized carbons (Fsp3) is 0.412. The number of fused-ring (bicyclic) bond motifs is 1. The zero-order valence-corrected chi connectivity index (χ0v) is 12.7. The highest BCUT2D eigenvalue weighted by molar-refractivity contribution is 7.19. The molecule has 106 valence electrons. The summed E-state index contributed by atoms with van der Waals surface area (Å²) in [6, 6.07) is 11.2. The van der Waals surface area contributed by atoms with Crippen molar-refractivity contribution in [3.8, 4) is 0 Å². The van der Waals surface area contributed by atoms with Gasteiger partial charge in [0.05, 0.1) is 18.9 Å². The Labute approximate surface area is 124 Å². The van der Waals surface area contributed by atoms with Gasteiger partial charge in [0, 0.05) is 9.58 Å². The minimum absolute atomic E-state index is 0.313. The second-order valence-corrected chi connectivity index (χ2v) is 6.36. The summed E-state index contributed by atoms with van der Waals surface area (Å²) < 4.78 is 6.91. The number of benzene rings is 1. The number of hydrogen-bond donors (Lipinski definition) is 1. The van der Waals surface area contributed by atoms with Gasteiger partial charge in [-0.15, -0.1) is 11.3 Å². The van der Waals surface area contributed by atoms with E-state index in [-0.39, 0.29) is 0 Å². The van der Waals surface area contributed by atoms with Gasteiger partial charge in [-0.05, 0) is 48.9 Å². The maximum Gasteiger partial charge on any atom is 0.0876 e. The van der Waals surface area contributed by atoms with E-state index in [0.717, 1.165) is 32.4 Å². The van der Waals surface area contributed by atoms with Crippen molar-refractivity contribution in [2.24, 2.45) is 0 Å². The molecule has 1 aliphatic heterocycles. The maximum absolute atomic E-state index is 5.54. The summed E-state index contributed by atoms with van der Waals surface area (Å²) in [5, 5.41) is 5.02. The first-order valence-electron chi connectivity index (χ1n) is 7.41. The van der Waals surface area contributed by atoms with Gasteiger partial charge >= 0.3 is 0 Å². The van der Waals surface area contributed by atoms with Crippen LogP contribution in [0.25, 0.3) is 10.1 Å². The summed E-state index contributed by atoms with van der Waals surface area (Å²) in [7, 11) is 0. The highest BCUT2D eigenvalue weighted by atomic mass is 32.1. The lowest BCUT2D eigenvalue weighted by atomic mass is 10.00. The van der Waals surface area contributed by atoms with Crippen LogP contribution in [0.3, 0.4) is 0 Å². The van der Waals surface area contributed by atoms with Crippen LogP contribution in [0.15, 0.2) is 42.2 Å². The van der Waals surface area contributed by atoms with Crippen LogP contribution >= 0.6 is 11.3 Å². The van der Waals surface area contributed by atoms with E-state index in [1.165, 1.54) is 20.5 Å². The second-order valence-electron chi connectivity index (χ2n) is 5.24. The van der Waals surface area contributed by atoms with Gasteiger partial charge in [-0.3, -0.25) is 0 Å². The Kier molecular flexibility index (Phi) is 4.38. The van der Waals surface area contributed by atoms with Crippen LogP contribution in [-0.4, -0.2) is 13.2 Å². The fourth-order valence-corrected chi connectivity index (χ4v) is 3.83. The van der Waals surface area contributed by atoms with Crippen molar-refractivity contribution in [1.29, 1.82) is 0 Å². The minimum Gasteiger partial charge on any atom is -0.501 e. The molecule has 3 rings (SSSR count). The SMILES string of the molecule is CCCNC(C1=COCCC1)c1cc2ccccc2s1. The van der Waals surface area contributed by atoms with Crippen molar-refractivity contribution in [2.75, 3.05) is 13.2 Å². The molecule has 1 aromatic heterocycles. The molecule has 0 saturated carbocycles. The normalized spacial score (nSPS) is 16.8. The molecule has 20 heavy (non-hydrogen) atoms. The second kappa shape index (κ2) is 6.42. The van der Waals surface area contributed by atoms with Crippen molar-refractivity contribution in [2.45, 2.75) is 32.2 Å². The lowest BCUT2D eigenvalue weighted by Gasteiger charge is -2.23. The highest BCUT2D eigenvalue weighted by Crippen LogP contribution is 2.35. The van der Waals surface area contributed by atoms with Crippen molar-refractivity contribution in [1.82, 2.24) is 5.32 Å². The number of nitrogens with one attached hydrogen (secondary N) is 1. The molecule has 3 heteroatoms. The molecule has 0 spiro atoms. The summed E-state index contributed by atoms with van der Waals surface area (Å²) in [5.41, 5.74) is 1.39. The van der Waals surface area contributed by atoms with Crippen molar-refractivity contribution in [3.63, 3.8) is 0 Å². The van der Waals surface area contributed by atoms with Crippen molar-refractivity contribution < 1.29 is 4.74 Å². The Bertz CT molecular complexity index is 569. The monoisotopic (exact) mass is 287 g/mol. The zero-order valence-electron chi connectivity index (χ0n) is 11.9. The molecule has 0 amide bonds. The molecule has 0 bridgehead atoms. The van der Waals surface area contributed by atoms with Gasteiger partial charge in [-0.1, -0.05) is 25.1 Å². The van der Waals surface area contributed by atoms with E-state index in [1.54, 1.807) is 0 Å². The third-order valence-corrected chi connectivity index (χ3v) is 4.84. The van der Waals surface area contributed by atoms with Gasteiger partial charge in [-0.25, -0.2) is 0 Å². The Hall–Kier alpha value is -1.32. The summed E-state index contributed by atoms with van der Waals surface area (Å²) in [5.74, 6) is 0. The highest BCUT2D eigenvalue weighted by Gasteiger charge is 2.20. The molecule has 1 atom stereocenters. The Morgan fingerprint density at radius 2 is 2.25 bits per heavy atom.